The summed E-state index contributed by atoms with van der Waals surface area (Å²) in [6.07, 6.45) is 2.48. The molecule has 9 heteroatoms. The molecule has 2 aromatic rings. The van der Waals surface area contributed by atoms with E-state index in [1.807, 2.05) is 19.1 Å². The predicted octanol–water partition coefficient (Wildman–Crippen LogP) is 1.97. The Hall–Kier alpha value is -2.65. The number of benzene rings is 1. The number of furan rings is 1. The maximum absolute atomic E-state index is 12.4. The van der Waals surface area contributed by atoms with Crippen molar-refractivity contribution in [2.75, 3.05) is 26.2 Å². The Labute approximate surface area is 176 Å². The summed E-state index contributed by atoms with van der Waals surface area (Å²) in [6, 6.07) is 10.6. The molecular formula is C21H26N4O4S. The number of nitrogens with one attached hydrogen (secondary N) is 2. The monoisotopic (exact) mass is 430 g/mol. The molecule has 2 N–H and O–H groups in total. The van der Waals surface area contributed by atoms with Gasteiger partial charge < -0.3 is 9.73 Å². The van der Waals surface area contributed by atoms with E-state index in [1.165, 1.54) is 0 Å². The lowest BCUT2D eigenvalue weighted by Crippen LogP contribution is -2.36. The fourth-order valence-electron chi connectivity index (χ4n) is 3.91. The number of amides is 1. The van der Waals surface area contributed by atoms with Crippen LogP contribution >= 0.6 is 0 Å². The van der Waals surface area contributed by atoms with E-state index in [-0.39, 0.29) is 29.8 Å². The van der Waals surface area contributed by atoms with Crippen LogP contribution in [0.2, 0.25) is 0 Å². The average Bonchev–Trinajstić information content (AvgIpc) is 3.44. The molecule has 1 atom stereocenters. The van der Waals surface area contributed by atoms with Gasteiger partial charge in [0.05, 0.1) is 17.5 Å². The Balaban J connectivity index is 1.34. The van der Waals surface area contributed by atoms with Gasteiger partial charge in [-0.05, 0) is 57.1 Å². The van der Waals surface area contributed by atoms with E-state index >= 15 is 0 Å². The number of hydrogen-bond acceptors (Lipinski definition) is 6. The molecule has 0 radical (unpaired) electrons. The van der Waals surface area contributed by atoms with Crippen molar-refractivity contribution in [1.82, 2.24) is 14.9 Å². The molecule has 1 aromatic carbocycles. The topological polar surface area (TPSA) is 104 Å². The van der Waals surface area contributed by atoms with E-state index in [0.29, 0.717) is 17.9 Å². The first-order valence-corrected chi connectivity index (χ1v) is 11.7. The number of nitrogens with zero attached hydrogens (tertiary/aromatic N) is 2. The second-order valence-electron chi connectivity index (χ2n) is 7.59. The van der Waals surface area contributed by atoms with E-state index < -0.39 is 10.0 Å². The first-order chi connectivity index (χ1) is 14.4. The number of aryl methyl sites for hydroxylation is 1. The third-order valence-electron chi connectivity index (χ3n) is 5.44. The van der Waals surface area contributed by atoms with Gasteiger partial charge in [-0.1, -0.05) is 12.1 Å². The summed E-state index contributed by atoms with van der Waals surface area (Å²) in [5.74, 6) is 1.89. The zero-order valence-corrected chi connectivity index (χ0v) is 17.7. The molecule has 1 amide bonds. The first-order valence-electron chi connectivity index (χ1n) is 10.2. The van der Waals surface area contributed by atoms with Gasteiger partial charge in [-0.2, -0.15) is 0 Å². The lowest BCUT2D eigenvalue weighted by atomic mass is 10.2. The second kappa shape index (κ2) is 8.61. The van der Waals surface area contributed by atoms with Crippen molar-refractivity contribution in [3.05, 3.63) is 53.5 Å². The Morgan fingerprint density at radius 3 is 2.73 bits per heavy atom. The molecule has 0 unspecified atom stereocenters. The van der Waals surface area contributed by atoms with E-state index in [4.69, 9.17) is 4.42 Å². The van der Waals surface area contributed by atoms with Gasteiger partial charge in [0.2, 0.25) is 5.91 Å². The van der Waals surface area contributed by atoms with Crippen LogP contribution in [0.1, 0.15) is 42.4 Å². The molecular weight excluding hydrogens is 404 g/mol. The molecule has 1 aromatic heterocycles. The Bertz CT molecular complexity index is 1050. The molecule has 30 heavy (non-hydrogen) atoms. The quantitative estimate of drug-likeness (QED) is 0.699. The molecule has 0 saturated carbocycles. The summed E-state index contributed by atoms with van der Waals surface area (Å²) in [6.45, 7) is 4.57. The van der Waals surface area contributed by atoms with Crippen molar-refractivity contribution in [3.63, 3.8) is 0 Å². The number of sulfonamides is 1. The van der Waals surface area contributed by atoms with Gasteiger partial charge in [0.15, 0.2) is 0 Å². The second-order valence-corrected chi connectivity index (χ2v) is 9.24. The minimum absolute atomic E-state index is 0.0185. The van der Waals surface area contributed by atoms with Crippen LogP contribution < -0.4 is 10.0 Å². The van der Waals surface area contributed by atoms with E-state index in [1.54, 1.807) is 24.3 Å². The van der Waals surface area contributed by atoms with E-state index in [0.717, 1.165) is 37.5 Å². The number of fused-ring (bicyclic) bond motifs is 1. The summed E-state index contributed by atoms with van der Waals surface area (Å²) in [4.78, 5) is 19.2. The Morgan fingerprint density at radius 2 is 2.00 bits per heavy atom. The number of likely N-dealkylation sites (tertiary alicyclic amines) is 1. The molecule has 0 aliphatic carbocycles. The van der Waals surface area contributed by atoms with Crippen LogP contribution in [-0.2, 0) is 14.8 Å². The smallest absolute Gasteiger partial charge is 0.263 e. The largest absolute Gasteiger partial charge is 0.465 e. The third kappa shape index (κ3) is 4.41. The van der Waals surface area contributed by atoms with Crippen LogP contribution in [0.5, 0.6) is 0 Å². The van der Waals surface area contributed by atoms with Crippen molar-refractivity contribution in [2.45, 2.75) is 37.1 Å². The van der Waals surface area contributed by atoms with Gasteiger partial charge in [0.25, 0.3) is 10.0 Å². The van der Waals surface area contributed by atoms with Gasteiger partial charge >= 0.3 is 0 Å². The van der Waals surface area contributed by atoms with Crippen molar-refractivity contribution >= 4 is 21.8 Å². The molecule has 4 rings (SSSR count). The zero-order chi connectivity index (χ0) is 21.1. The summed E-state index contributed by atoms with van der Waals surface area (Å²) >= 11 is 0. The number of hydrogen-bond donors (Lipinski definition) is 2. The van der Waals surface area contributed by atoms with Crippen LogP contribution in [0, 0.1) is 6.92 Å². The number of aliphatic imine (C=N–C) groups is 1. The molecule has 2 aliphatic heterocycles. The predicted molar refractivity (Wildman–Crippen MR) is 113 cm³/mol. The highest BCUT2D eigenvalue weighted by molar-refractivity contribution is 7.90. The minimum atomic E-state index is -3.56. The molecule has 2 aliphatic rings. The van der Waals surface area contributed by atoms with Gasteiger partial charge in [-0.15, -0.1) is 0 Å². The highest BCUT2D eigenvalue weighted by atomic mass is 32.2. The highest BCUT2D eigenvalue weighted by Gasteiger charge is 2.30. The standard InChI is InChI=1S/C21H26N4O4S/c1-15-8-9-18(29-15)17(25-12-4-5-13-25)14-23-20(26)10-11-22-21-16-6-2-3-7-19(16)30(27,28)24-21/h2-3,6-9,17H,4-5,10-14H2,1H3,(H,22,24)(H,23,26)/t17-/m1/s1. The first kappa shape index (κ1) is 20.6. The fraction of sp³-hybridized carbons (Fsp3) is 0.429. The molecule has 8 nitrogen and oxygen atoms in total. The van der Waals surface area contributed by atoms with Crippen LogP contribution in [0.25, 0.3) is 0 Å². The van der Waals surface area contributed by atoms with Crippen LogP contribution in [0.4, 0.5) is 0 Å². The summed E-state index contributed by atoms with van der Waals surface area (Å²) in [5, 5.41) is 2.98. The molecule has 0 spiro atoms. The Kier molecular flexibility index (Phi) is 5.92. The van der Waals surface area contributed by atoms with Gasteiger partial charge in [0, 0.05) is 18.5 Å². The maximum Gasteiger partial charge on any atom is 0.263 e. The summed E-state index contributed by atoms with van der Waals surface area (Å²) in [7, 11) is -3.56. The average molecular weight is 431 g/mol. The van der Waals surface area contributed by atoms with Gasteiger partial charge in [-0.3, -0.25) is 19.4 Å². The van der Waals surface area contributed by atoms with E-state index in [2.05, 4.69) is 19.9 Å². The number of amidine groups is 1. The maximum atomic E-state index is 12.4. The molecule has 3 heterocycles. The van der Waals surface area contributed by atoms with Crippen molar-refractivity contribution in [2.24, 2.45) is 4.99 Å². The molecule has 0 bridgehead atoms. The lowest BCUT2D eigenvalue weighted by Gasteiger charge is -2.26. The number of rotatable bonds is 7. The third-order valence-corrected chi connectivity index (χ3v) is 6.83. The normalized spacial score (nSPS) is 20.1. The van der Waals surface area contributed by atoms with E-state index in [9.17, 15) is 13.2 Å². The number of carbonyl (C=O) groups is 1. The highest BCUT2D eigenvalue weighted by Crippen LogP contribution is 2.26. The van der Waals surface area contributed by atoms with Gasteiger partial charge in [-0.25, -0.2) is 8.42 Å². The SMILES string of the molecule is Cc1ccc([C@@H](CNC(=O)CCN=C2NS(=O)(=O)c3ccccc32)N2CCCC2)o1. The van der Waals surface area contributed by atoms with Crippen LogP contribution in [0.15, 0.2) is 50.7 Å². The van der Waals surface area contributed by atoms with Crippen molar-refractivity contribution in [3.8, 4) is 0 Å². The minimum Gasteiger partial charge on any atom is -0.465 e. The van der Waals surface area contributed by atoms with Crippen molar-refractivity contribution in [1.29, 1.82) is 0 Å². The summed E-state index contributed by atoms with van der Waals surface area (Å²) < 4.78 is 32.5. The van der Waals surface area contributed by atoms with Gasteiger partial charge in [0.1, 0.15) is 17.4 Å². The lowest BCUT2D eigenvalue weighted by molar-refractivity contribution is -0.121. The van der Waals surface area contributed by atoms with Crippen LogP contribution in [0.3, 0.4) is 0 Å². The molecule has 160 valence electrons. The molecule has 1 saturated heterocycles. The zero-order valence-electron chi connectivity index (χ0n) is 16.9. The fourth-order valence-corrected chi connectivity index (χ4v) is 5.17. The Morgan fingerprint density at radius 1 is 1.23 bits per heavy atom. The summed E-state index contributed by atoms with van der Waals surface area (Å²) in [5.41, 5.74) is 0.542. The number of carbonyl (C=O) groups excluding carboxylic acids is 1. The van der Waals surface area contributed by atoms with Crippen LogP contribution in [-0.4, -0.2) is 51.2 Å². The van der Waals surface area contributed by atoms with Crippen molar-refractivity contribution < 1.29 is 17.6 Å². The molecule has 1 fully saturated rings.